The van der Waals surface area contributed by atoms with Gasteiger partial charge in [0.05, 0.1) is 0 Å². The molecule has 0 atom stereocenters. The largest absolute Gasteiger partial charge is 0.370 e. The first-order valence-electron chi connectivity index (χ1n) is 5.93. The van der Waals surface area contributed by atoms with Gasteiger partial charge in [0.2, 0.25) is 5.95 Å². The lowest BCUT2D eigenvalue weighted by Crippen LogP contribution is -2.11. The fourth-order valence-corrected chi connectivity index (χ4v) is 1.70. The van der Waals surface area contributed by atoms with E-state index in [4.69, 9.17) is 17.3 Å². The summed E-state index contributed by atoms with van der Waals surface area (Å²) in [6.45, 7) is 1.57. The van der Waals surface area contributed by atoms with Crippen molar-refractivity contribution in [1.82, 2.24) is 15.0 Å². The summed E-state index contributed by atoms with van der Waals surface area (Å²) in [5, 5.41) is 6.69. The third-order valence-electron chi connectivity index (χ3n) is 2.34. The van der Waals surface area contributed by atoms with Crippen molar-refractivity contribution in [3.8, 4) is 0 Å². The van der Waals surface area contributed by atoms with Crippen molar-refractivity contribution in [3.63, 3.8) is 0 Å². The Hall–Kier alpha value is -2.08. The van der Waals surface area contributed by atoms with Crippen molar-refractivity contribution in [3.05, 3.63) is 35.6 Å². The minimum absolute atomic E-state index is 0.168. The summed E-state index contributed by atoms with van der Waals surface area (Å²) in [5.74, 6) is 1.67. The molecule has 2 rings (SSSR count). The first-order chi connectivity index (χ1) is 9.24. The third-order valence-corrected chi connectivity index (χ3v) is 2.54. The van der Waals surface area contributed by atoms with Crippen molar-refractivity contribution >= 4 is 29.2 Å². The van der Waals surface area contributed by atoms with Gasteiger partial charge in [0.1, 0.15) is 16.8 Å². The zero-order valence-corrected chi connectivity index (χ0v) is 11.1. The Morgan fingerprint density at radius 2 is 1.89 bits per heavy atom. The molecule has 6 nitrogen and oxygen atoms in total. The highest BCUT2D eigenvalue weighted by Gasteiger charge is 1.99. The zero-order chi connectivity index (χ0) is 13.5. The summed E-state index contributed by atoms with van der Waals surface area (Å²) in [6.07, 6.45) is 2.67. The minimum atomic E-state index is 0.168. The fraction of sp³-hybridized carbons (Fsp3) is 0.250. The van der Waals surface area contributed by atoms with Crippen LogP contribution >= 0.6 is 11.6 Å². The smallest absolute Gasteiger partial charge is 0.223 e. The van der Waals surface area contributed by atoms with Crippen LogP contribution in [0.15, 0.2) is 30.5 Å². The number of nitrogens with zero attached hydrogens (tertiary/aromatic N) is 3. The molecule has 0 spiro atoms. The van der Waals surface area contributed by atoms with E-state index in [1.165, 1.54) is 0 Å². The average molecular weight is 279 g/mol. The summed E-state index contributed by atoms with van der Waals surface area (Å²) in [5.41, 5.74) is 5.50. The standard InChI is InChI=1S/C12H15ClN6/c13-9-8-11(19-12(14)18-9)17-7-3-6-16-10-4-1-2-5-15-10/h1-2,4-5,8H,3,6-7H2,(H,15,16)(H3,14,17,18,19). The van der Waals surface area contributed by atoms with Gasteiger partial charge >= 0.3 is 0 Å². The van der Waals surface area contributed by atoms with E-state index < -0.39 is 0 Å². The average Bonchev–Trinajstić information content (AvgIpc) is 2.38. The van der Waals surface area contributed by atoms with E-state index in [2.05, 4.69) is 25.6 Å². The van der Waals surface area contributed by atoms with Crippen LogP contribution in [0.1, 0.15) is 6.42 Å². The van der Waals surface area contributed by atoms with Gasteiger partial charge in [-0.25, -0.2) is 9.97 Å². The summed E-state index contributed by atoms with van der Waals surface area (Å²) < 4.78 is 0. The molecule has 4 N–H and O–H groups in total. The van der Waals surface area contributed by atoms with Crippen molar-refractivity contribution in [1.29, 1.82) is 0 Å². The highest BCUT2D eigenvalue weighted by molar-refractivity contribution is 6.29. The van der Waals surface area contributed by atoms with Gasteiger partial charge in [0, 0.05) is 25.4 Å². The third kappa shape index (κ3) is 4.59. The normalized spacial score (nSPS) is 10.2. The van der Waals surface area contributed by atoms with Crippen molar-refractivity contribution in [2.75, 3.05) is 29.5 Å². The molecule has 0 radical (unpaired) electrons. The lowest BCUT2D eigenvalue weighted by Gasteiger charge is -2.07. The van der Waals surface area contributed by atoms with Gasteiger partial charge in [-0.05, 0) is 18.6 Å². The lowest BCUT2D eigenvalue weighted by atomic mass is 10.4. The molecule has 0 aliphatic heterocycles. The van der Waals surface area contributed by atoms with Crippen LogP contribution in [0.5, 0.6) is 0 Å². The van der Waals surface area contributed by atoms with Gasteiger partial charge in [-0.3, -0.25) is 0 Å². The Morgan fingerprint density at radius 3 is 2.58 bits per heavy atom. The van der Waals surface area contributed by atoms with E-state index in [-0.39, 0.29) is 5.95 Å². The van der Waals surface area contributed by atoms with Crippen LogP contribution in [0.2, 0.25) is 5.15 Å². The number of rotatable bonds is 6. The fourth-order valence-electron chi connectivity index (χ4n) is 1.51. The van der Waals surface area contributed by atoms with Gasteiger partial charge in [-0.1, -0.05) is 17.7 Å². The van der Waals surface area contributed by atoms with E-state index in [0.717, 1.165) is 25.3 Å². The predicted octanol–water partition coefficient (Wildman–Crippen LogP) is 2.02. The van der Waals surface area contributed by atoms with E-state index in [1.54, 1.807) is 12.3 Å². The van der Waals surface area contributed by atoms with Crippen LogP contribution in [0.3, 0.4) is 0 Å². The molecule has 100 valence electrons. The molecule has 7 heteroatoms. The molecule has 0 fully saturated rings. The number of hydrogen-bond acceptors (Lipinski definition) is 6. The second-order valence-corrected chi connectivity index (χ2v) is 4.24. The zero-order valence-electron chi connectivity index (χ0n) is 10.3. The number of nitrogens with two attached hydrogens (primary N) is 1. The molecule has 0 unspecified atom stereocenters. The topological polar surface area (TPSA) is 88.8 Å². The highest BCUT2D eigenvalue weighted by atomic mass is 35.5. The quantitative estimate of drug-likeness (QED) is 0.553. The van der Waals surface area contributed by atoms with Crippen molar-refractivity contribution in [2.45, 2.75) is 6.42 Å². The number of aromatic nitrogens is 3. The maximum absolute atomic E-state index is 5.78. The van der Waals surface area contributed by atoms with Crippen LogP contribution in [-0.4, -0.2) is 28.0 Å². The number of halogens is 1. The molecule has 0 amide bonds. The number of nitrogens with one attached hydrogen (secondary N) is 2. The molecule has 0 aromatic carbocycles. The first-order valence-corrected chi connectivity index (χ1v) is 6.30. The van der Waals surface area contributed by atoms with Crippen molar-refractivity contribution in [2.24, 2.45) is 0 Å². The SMILES string of the molecule is Nc1nc(Cl)cc(NCCCNc2ccccn2)n1. The number of nitrogen functional groups attached to an aromatic ring is 1. The second kappa shape index (κ2) is 6.75. The maximum Gasteiger partial charge on any atom is 0.223 e. The summed E-state index contributed by atoms with van der Waals surface area (Å²) in [6, 6.07) is 7.40. The molecule has 2 heterocycles. The number of anilines is 3. The van der Waals surface area contributed by atoms with Gasteiger partial charge in [-0.15, -0.1) is 0 Å². The Morgan fingerprint density at radius 1 is 1.11 bits per heavy atom. The minimum Gasteiger partial charge on any atom is -0.370 e. The summed E-state index contributed by atoms with van der Waals surface area (Å²) in [7, 11) is 0. The molecular weight excluding hydrogens is 264 g/mol. The molecule has 19 heavy (non-hydrogen) atoms. The number of pyridine rings is 1. The van der Waals surface area contributed by atoms with Crippen LogP contribution in [0.4, 0.5) is 17.6 Å². The summed E-state index contributed by atoms with van der Waals surface area (Å²) >= 11 is 5.78. The number of hydrogen-bond donors (Lipinski definition) is 3. The van der Waals surface area contributed by atoms with E-state index in [0.29, 0.717) is 11.0 Å². The molecular formula is C12H15ClN6. The molecule has 0 saturated heterocycles. The Kier molecular flexibility index (Phi) is 4.74. The highest BCUT2D eigenvalue weighted by Crippen LogP contribution is 2.12. The molecule has 0 aliphatic rings. The molecule has 0 aliphatic carbocycles. The molecule has 0 bridgehead atoms. The summed E-state index contributed by atoms with van der Waals surface area (Å²) in [4.78, 5) is 12.0. The molecule has 2 aromatic heterocycles. The van der Waals surface area contributed by atoms with Crippen molar-refractivity contribution < 1.29 is 0 Å². The van der Waals surface area contributed by atoms with E-state index >= 15 is 0 Å². The van der Waals surface area contributed by atoms with Crippen LogP contribution in [0, 0.1) is 0 Å². The Labute approximate surface area is 116 Å². The van der Waals surface area contributed by atoms with E-state index in [1.807, 2.05) is 18.2 Å². The Bertz CT molecular complexity index is 499. The molecule has 0 saturated carbocycles. The van der Waals surface area contributed by atoms with E-state index in [9.17, 15) is 0 Å². The van der Waals surface area contributed by atoms with Crippen LogP contribution in [0.25, 0.3) is 0 Å². The van der Waals surface area contributed by atoms with Gasteiger partial charge in [0.25, 0.3) is 0 Å². The van der Waals surface area contributed by atoms with Gasteiger partial charge < -0.3 is 16.4 Å². The predicted molar refractivity (Wildman–Crippen MR) is 77.3 cm³/mol. The molecule has 2 aromatic rings. The van der Waals surface area contributed by atoms with Crippen LogP contribution in [-0.2, 0) is 0 Å². The Balaban J connectivity index is 1.69. The van der Waals surface area contributed by atoms with Crippen LogP contribution < -0.4 is 16.4 Å². The first kappa shape index (κ1) is 13.4. The lowest BCUT2D eigenvalue weighted by molar-refractivity contribution is 0.897. The second-order valence-electron chi connectivity index (χ2n) is 3.86. The monoisotopic (exact) mass is 278 g/mol. The van der Waals surface area contributed by atoms with Gasteiger partial charge in [-0.2, -0.15) is 4.98 Å². The maximum atomic E-state index is 5.78. The van der Waals surface area contributed by atoms with Gasteiger partial charge in [0.15, 0.2) is 0 Å².